The molecule has 0 aliphatic carbocycles. The highest BCUT2D eigenvalue weighted by molar-refractivity contribution is 8.18. The van der Waals surface area contributed by atoms with Gasteiger partial charge in [-0.1, -0.05) is 84.4 Å². The first-order chi connectivity index (χ1) is 16.6. The van der Waals surface area contributed by atoms with Crippen LogP contribution in [-0.4, -0.2) is 16.0 Å². The summed E-state index contributed by atoms with van der Waals surface area (Å²) in [7, 11) is 0. The van der Waals surface area contributed by atoms with Crippen molar-refractivity contribution in [3.63, 3.8) is 0 Å². The molecule has 34 heavy (non-hydrogen) atoms. The number of amides is 2. The predicted molar refractivity (Wildman–Crippen MR) is 137 cm³/mol. The maximum atomic E-state index is 13.0. The van der Waals surface area contributed by atoms with Crippen LogP contribution in [0.5, 0.6) is 5.75 Å². The lowest BCUT2D eigenvalue weighted by atomic mass is 10.1. The van der Waals surface area contributed by atoms with Gasteiger partial charge in [0.2, 0.25) is 0 Å². The SMILES string of the molecule is Cc1ccc(CN2C(=O)S/C(=C\c3ccccc3OCc3ccc4ccccc4c3)C2=O)cc1. The highest BCUT2D eigenvalue weighted by Crippen LogP contribution is 2.35. The molecular weight excluding hydrogens is 442 g/mol. The van der Waals surface area contributed by atoms with Crippen molar-refractivity contribution in [2.75, 3.05) is 0 Å². The Morgan fingerprint density at radius 1 is 0.824 bits per heavy atom. The van der Waals surface area contributed by atoms with Crippen LogP contribution >= 0.6 is 11.8 Å². The number of hydrogen-bond donors (Lipinski definition) is 0. The first-order valence-electron chi connectivity index (χ1n) is 11.1. The number of imide groups is 1. The number of aryl methyl sites for hydroxylation is 1. The van der Waals surface area contributed by atoms with Crippen molar-refractivity contribution in [2.45, 2.75) is 20.1 Å². The fourth-order valence-electron chi connectivity index (χ4n) is 3.87. The van der Waals surface area contributed by atoms with Gasteiger partial charge in [-0.05, 0) is 58.8 Å². The second kappa shape index (κ2) is 9.57. The number of para-hydroxylation sites is 1. The van der Waals surface area contributed by atoms with E-state index in [1.54, 1.807) is 6.08 Å². The Morgan fingerprint density at radius 2 is 1.53 bits per heavy atom. The maximum Gasteiger partial charge on any atom is 0.293 e. The van der Waals surface area contributed by atoms with Crippen molar-refractivity contribution in [2.24, 2.45) is 0 Å². The molecule has 168 valence electrons. The smallest absolute Gasteiger partial charge is 0.293 e. The van der Waals surface area contributed by atoms with E-state index in [4.69, 9.17) is 4.74 Å². The van der Waals surface area contributed by atoms with Crippen LogP contribution in [0.1, 0.15) is 22.3 Å². The second-order valence-corrected chi connectivity index (χ2v) is 9.25. The van der Waals surface area contributed by atoms with Crippen molar-refractivity contribution in [1.82, 2.24) is 4.90 Å². The fraction of sp³-hybridized carbons (Fsp3) is 0.103. The minimum Gasteiger partial charge on any atom is -0.488 e. The minimum atomic E-state index is -0.278. The summed E-state index contributed by atoms with van der Waals surface area (Å²) in [6, 6.07) is 29.9. The molecule has 1 fully saturated rings. The van der Waals surface area contributed by atoms with Gasteiger partial charge in [-0.15, -0.1) is 0 Å². The summed E-state index contributed by atoms with van der Waals surface area (Å²) < 4.78 is 6.11. The van der Waals surface area contributed by atoms with Gasteiger partial charge in [-0.25, -0.2) is 0 Å². The molecule has 0 bridgehead atoms. The van der Waals surface area contributed by atoms with Crippen LogP contribution in [-0.2, 0) is 17.9 Å². The molecule has 4 aromatic carbocycles. The van der Waals surface area contributed by atoms with Crippen molar-refractivity contribution in [3.05, 3.63) is 118 Å². The molecule has 4 aromatic rings. The topological polar surface area (TPSA) is 46.6 Å². The van der Waals surface area contributed by atoms with Gasteiger partial charge in [0.15, 0.2) is 0 Å². The van der Waals surface area contributed by atoms with Gasteiger partial charge < -0.3 is 4.74 Å². The molecule has 4 nitrogen and oxygen atoms in total. The first-order valence-corrected chi connectivity index (χ1v) is 11.9. The Kier molecular flexibility index (Phi) is 6.19. The number of hydrogen-bond acceptors (Lipinski definition) is 4. The van der Waals surface area contributed by atoms with Gasteiger partial charge in [-0.2, -0.15) is 0 Å². The summed E-state index contributed by atoms with van der Waals surface area (Å²) in [5.41, 5.74) is 3.89. The number of carbonyl (C=O) groups is 2. The molecule has 0 saturated carbocycles. The molecule has 0 unspecified atom stereocenters. The number of carbonyl (C=O) groups excluding carboxylic acids is 2. The van der Waals surface area contributed by atoms with E-state index >= 15 is 0 Å². The summed E-state index contributed by atoms with van der Waals surface area (Å²) in [6.45, 7) is 2.68. The largest absolute Gasteiger partial charge is 0.488 e. The summed E-state index contributed by atoms with van der Waals surface area (Å²) in [4.78, 5) is 27.2. The van der Waals surface area contributed by atoms with E-state index in [-0.39, 0.29) is 17.7 Å². The number of nitrogens with zero attached hydrogens (tertiary/aromatic N) is 1. The third-order valence-corrected chi connectivity index (χ3v) is 6.66. The van der Waals surface area contributed by atoms with Crippen LogP contribution in [0.25, 0.3) is 16.8 Å². The van der Waals surface area contributed by atoms with E-state index in [1.165, 1.54) is 15.7 Å². The molecule has 0 N–H and O–H groups in total. The van der Waals surface area contributed by atoms with E-state index in [0.717, 1.165) is 34.0 Å². The zero-order chi connectivity index (χ0) is 23.5. The Bertz CT molecular complexity index is 1410. The van der Waals surface area contributed by atoms with Gasteiger partial charge in [0.25, 0.3) is 11.1 Å². The summed E-state index contributed by atoms with van der Waals surface area (Å²) in [5.74, 6) is 0.390. The lowest BCUT2D eigenvalue weighted by Crippen LogP contribution is -2.27. The van der Waals surface area contributed by atoms with Crippen LogP contribution in [0.15, 0.2) is 95.9 Å². The Balaban J connectivity index is 1.33. The van der Waals surface area contributed by atoms with Gasteiger partial charge in [0, 0.05) is 5.56 Å². The number of benzene rings is 4. The lowest BCUT2D eigenvalue weighted by molar-refractivity contribution is -0.123. The fourth-order valence-corrected chi connectivity index (χ4v) is 4.70. The molecule has 1 aliphatic rings. The summed E-state index contributed by atoms with van der Waals surface area (Å²) >= 11 is 0.967. The summed E-state index contributed by atoms with van der Waals surface area (Å²) in [5, 5.41) is 2.10. The Hall–Kier alpha value is -3.83. The van der Waals surface area contributed by atoms with E-state index < -0.39 is 0 Å². The molecular formula is C29H23NO3S. The van der Waals surface area contributed by atoms with Crippen LogP contribution in [0, 0.1) is 6.92 Å². The number of fused-ring (bicyclic) bond motifs is 1. The number of thioether (sulfide) groups is 1. The van der Waals surface area contributed by atoms with Crippen LogP contribution in [0.2, 0.25) is 0 Å². The van der Waals surface area contributed by atoms with Gasteiger partial charge in [0.05, 0.1) is 11.4 Å². The van der Waals surface area contributed by atoms with Gasteiger partial charge in [-0.3, -0.25) is 14.5 Å². The standard InChI is InChI=1S/C29H23NO3S/c1-20-10-12-21(13-11-20)18-30-28(31)27(34-29(30)32)17-25-8-4-5-9-26(25)33-19-22-14-15-23-6-2-3-7-24(23)16-22/h2-17H,18-19H2,1H3/b27-17-. The van der Waals surface area contributed by atoms with Gasteiger partial charge >= 0.3 is 0 Å². The van der Waals surface area contributed by atoms with Crippen molar-refractivity contribution in [3.8, 4) is 5.75 Å². The van der Waals surface area contributed by atoms with Crippen molar-refractivity contribution in [1.29, 1.82) is 0 Å². The number of rotatable bonds is 6. The van der Waals surface area contributed by atoms with Crippen LogP contribution in [0.3, 0.4) is 0 Å². The van der Waals surface area contributed by atoms with Gasteiger partial charge in [0.1, 0.15) is 12.4 Å². The molecule has 0 radical (unpaired) electrons. The zero-order valence-electron chi connectivity index (χ0n) is 18.7. The Morgan fingerprint density at radius 3 is 2.35 bits per heavy atom. The van der Waals surface area contributed by atoms with E-state index in [2.05, 4.69) is 30.3 Å². The molecule has 0 spiro atoms. The third-order valence-electron chi connectivity index (χ3n) is 5.75. The minimum absolute atomic E-state index is 0.258. The van der Waals surface area contributed by atoms with E-state index in [1.807, 2.05) is 67.6 Å². The van der Waals surface area contributed by atoms with Crippen LogP contribution in [0.4, 0.5) is 4.79 Å². The molecule has 5 heteroatoms. The number of ether oxygens (including phenoxy) is 1. The molecule has 5 rings (SSSR count). The molecule has 0 atom stereocenters. The monoisotopic (exact) mass is 465 g/mol. The molecule has 2 amide bonds. The molecule has 1 heterocycles. The average Bonchev–Trinajstić information content (AvgIpc) is 3.12. The predicted octanol–water partition coefficient (Wildman–Crippen LogP) is 6.96. The third kappa shape index (κ3) is 4.75. The van der Waals surface area contributed by atoms with E-state index in [9.17, 15) is 9.59 Å². The summed E-state index contributed by atoms with van der Waals surface area (Å²) in [6.07, 6.45) is 1.75. The first kappa shape index (κ1) is 22.0. The van der Waals surface area contributed by atoms with Crippen LogP contribution < -0.4 is 4.74 Å². The highest BCUT2D eigenvalue weighted by atomic mass is 32.2. The Labute approximate surface area is 202 Å². The van der Waals surface area contributed by atoms with Crippen molar-refractivity contribution < 1.29 is 14.3 Å². The van der Waals surface area contributed by atoms with E-state index in [0.29, 0.717) is 17.3 Å². The second-order valence-electron chi connectivity index (χ2n) is 8.26. The highest BCUT2D eigenvalue weighted by Gasteiger charge is 2.35. The van der Waals surface area contributed by atoms with Crippen molar-refractivity contribution >= 4 is 39.8 Å². The molecule has 0 aromatic heterocycles. The normalized spacial score (nSPS) is 14.9. The molecule has 1 saturated heterocycles. The maximum absolute atomic E-state index is 13.0. The molecule has 1 aliphatic heterocycles. The average molecular weight is 466 g/mol. The quantitative estimate of drug-likeness (QED) is 0.289. The zero-order valence-corrected chi connectivity index (χ0v) is 19.5. The lowest BCUT2D eigenvalue weighted by Gasteiger charge is -2.13.